The van der Waals surface area contributed by atoms with Crippen LogP contribution in [0.3, 0.4) is 0 Å². The Morgan fingerprint density at radius 2 is 1.41 bits per heavy atom. The average molecular weight is 691 g/mol. The van der Waals surface area contributed by atoms with E-state index in [2.05, 4.69) is 94.0 Å². The fraction of sp³-hybridized carbons (Fsp3) is 0.476. The Morgan fingerprint density at radius 3 is 2.02 bits per heavy atom. The van der Waals surface area contributed by atoms with Gasteiger partial charge in [-0.25, -0.2) is 9.97 Å². The lowest BCUT2D eigenvalue weighted by atomic mass is 9.92. The van der Waals surface area contributed by atoms with Crippen molar-refractivity contribution in [3.05, 3.63) is 65.4 Å². The summed E-state index contributed by atoms with van der Waals surface area (Å²) < 4.78 is 6.42. The second kappa shape index (κ2) is 14.9. The highest BCUT2D eigenvalue weighted by molar-refractivity contribution is 6.07. The summed E-state index contributed by atoms with van der Waals surface area (Å²) in [5.41, 5.74) is 8.03. The van der Waals surface area contributed by atoms with E-state index in [1.54, 1.807) is 0 Å². The van der Waals surface area contributed by atoms with Crippen LogP contribution in [0.1, 0.15) is 129 Å². The van der Waals surface area contributed by atoms with E-state index in [1.807, 2.05) is 30.6 Å². The fourth-order valence-electron chi connectivity index (χ4n) is 7.64. The number of imidazole rings is 2. The van der Waals surface area contributed by atoms with Crippen LogP contribution in [-0.4, -0.2) is 53.6 Å². The molecular weight excluding hydrogens is 637 g/mol. The quantitative estimate of drug-likeness (QED) is 0.128. The minimum atomic E-state index is -0.170. The summed E-state index contributed by atoms with van der Waals surface area (Å²) in [5.74, 6) is 2.77. The van der Waals surface area contributed by atoms with Crippen molar-refractivity contribution >= 4 is 33.6 Å². The molecule has 3 heterocycles. The van der Waals surface area contributed by atoms with E-state index < -0.39 is 0 Å². The van der Waals surface area contributed by atoms with E-state index in [0.717, 1.165) is 98.5 Å². The van der Waals surface area contributed by atoms with Crippen molar-refractivity contribution in [2.24, 2.45) is 0 Å². The number of hydrogen-bond acceptors (Lipinski definition) is 5. The van der Waals surface area contributed by atoms with Gasteiger partial charge in [-0.2, -0.15) is 0 Å². The van der Waals surface area contributed by atoms with Gasteiger partial charge in [0.05, 0.1) is 28.8 Å². The number of aromatic nitrogens is 4. The van der Waals surface area contributed by atoms with Crippen LogP contribution in [0.4, 0.5) is 0 Å². The largest absolute Gasteiger partial charge is 0.488 e. The molecule has 6 rings (SSSR count). The molecule has 270 valence electrons. The molecule has 2 amide bonds. The standard InChI is InChI=1S/C42H54N6O3/c1-10-14-37(49)47(24(5)12-3)27(8)41-43-26(7)39(45-41)30-16-18-32-31(20-30)23-51-36-22-33-29(21-34(32)36)17-19-35-40(33)46-42(44-35)28(9)48(25(6)13-4)38(50)15-11-2/h16-22,24-25,27-28H,10-15,23H2,1-9H3,(H,43,45)(H,44,46)/t24-,25-,27-,28-/m0/s1. The zero-order chi connectivity index (χ0) is 36.6. The second-order valence-electron chi connectivity index (χ2n) is 14.4. The number of hydrogen-bond donors (Lipinski definition) is 2. The number of H-pyrrole nitrogens is 2. The summed E-state index contributed by atoms with van der Waals surface area (Å²) in [7, 11) is 0. The van der Waals surface area contributed by atoms with Gasteiger partial charge in [0.25, 0.3) is 0 Å². The van der Waals surface area contributed by atoms with Gasteiger partial charge in [0.2, 0.25) is 11.8 Å². The van der Waals surface area contributed by atoms with E-state index >= 15 is 0 Å². The Hall–Kier alpha value is -4.66. The number of nitrogens with zero attached hydrogens (tertiary/aromatic N) is 4. The Balaban J connectivity index is 1.31. The molecule has 0 bridgehead atoms. The van der Waals surface area contributed by atoms with Gasteiger partial charge in [0.15, 0.2) is 0 Å². The highest BCUT2D eigenvalue weighted by Crippen LogP contribution is 2.43. The molecule has 0 unspecified atom stereocenters. The lowest BCUT2D eigenvalue weighted by Gasteiger charge is -2.33. The molecule has 0 saturated heterocycles. The van der Waals surface area contributed by atoms with Crippen LogP contribution in [0.2, 0.25) is 0 Å². The van der Waals surface area contributed by atoms with E-state index in [1.165, 1.54) is 0 Å². The van der Waals surface area contributed by atoms with Crippen molar-refractivity contribution in [3.8, 4) is 28.1 Å². The number of nitrogens with one attached hydrogen (secondary N) is 2. The zero-order valence-electron chi connectivity index (χ0n) is 31.8. The fourth-order valence-corrected chi connectivity index (χ4v) is 7.64. The van der Waals surface area contributed by atoms with Crippen molar-refractivity contribution in [2.75, 3.05) is 0 Å². The van der Waals surface area contributed by atoms with E-state index in [9.17, 15) is 9.59 Å². The maximum Gasteiger partial charge on any atom is 0.223 e. The third-order valence-corrected chi connectivity index (χ3v) is 10.8. The van der Waals surface area contributed by atoms with Gasteiger partial charge < -0.3 is 24.5 Å². The molecule has 9 heteroatoms. The maximum absolute atomic E-state index is 13.1. The van der Waals surface area contributed by atoms with Gasteiger partial charge in [0.1, 0.15) is 24.0 Å². The van der Waals surface area contributed by atoms with Crippen molar-refractivity contribution in [1.29, 1.82) is 0 Å². The molecular formula is C42H54N6O3. The number of aromatic amines is 2. The highest BCUT2D eigenvalue weighted by atomic mass is 16.5. The number of carbonyl (C=O) groups excluding carboxylic acids is 2. The topological polar surface area (TPSA) is 107 Å². The van der Waals surface area contributed by atoms with Crippen molar-refractivity contribution in [2.45, 2.75) is 132 Å². The van der Waals surface area contributed by atoms with Crippen LogP contribution in [0.25, 0.3) is 44.2 Å². The number of amides is 2. The van der Waals surface area contributed by atoms with E-state index in [0.29, 0.717) is 19.4 Å². The van der Waals surface area contributed by atoms with Crippen molar-refractivity contribution < 1.29 is 14.3 Å². The van der Waals surface area contributed by atoms with Crippen LogP contribution >= 0.6 is 0 Å². The van der Waals surface area contributed by atoms with Crippen LogP contribution in [0.5, 0.6) is 5.75 Å². The Morgan fingerprint density at radius 1 is 0.784 bits per heavy atom. The number of ether oxygens (including phenoxy) is 1. The summed E-state index contributed by atoms with van der Waals surface area (Å²) in [5, 5.41) is 2.10. The van der Waals surface area contributed by atoms with E-state index in [-0.39, 0.29) is 36.0 Å². The molecule has 0 spiro atoms. The number of aryl methyl sites for hydroxylation is 1. The Kier molecular flexibility index (Phi) is 10.6. The molecule has 3 aromatic carbocycles. The third kappa shape index (κ3) is 6.75. The number of carbonyl (C=O) groups is 2. The number of benzene rings is 3. The van der Waals surface area contributed by atoms with Crippen molar-refractivity contribution in [1.82, 2.24) is 29.7 Å². The minimum Gasteiger partial charge on any atom is -0.488 e. The summed E-state index contributed by atoms with van der Waals surface area (Å²) in [6.07, 6.45) is 4.48. The van der Waals surface area contributed by atoms with Gasteiger partial charge >= 0.3 is 0 Å². The smallest absolute Gasteiger partial charge is 0.223 e. The summed E-state index contributed by atoms with van der Waals surface area (Å²) in [6.45, 7) is 19.2. The molecule has 9 nitrogen and oxygen atoms in total. The molecule has 2 aromatic heterocycles. The Bertz CT molecular complexity index is 2060. The van der Waals surface area contributed by atoms with Crippen molar-refractivity contribution in [3.63, 3.8) is 0 Å². The van der Waals surface area contributed by atoms with Crippen LogP contribution < -0.4 is 4.74 Å². The Labute approximate surface area is 302 Å². The maximum atomic E-state index is 13.1. The van der Waals surface area contributed by atoms with Crippen LogP contribution in [0, 0.1) is 6.92 Å². The molecule has 0 fully saturated rings. The zero-order valence-corrected chi connectivity index (χ0v) is 31.8. The second-order valence-corrected chi connectivity index (χ2v) is 14.4. The van der Waals surface area contributed by atoms with Gasteiger partial charge in [-0.15, -0.1) is 0 Å². The molecule has 4 atom stereocenters. The van der Waals surface area contributed by atoms with Gasteiger partial charge in [-0.05, 0) is 101 Å². The molecule has 51 heavy (non-hydrogen) atoms. The molecule has 0 aliphatic carbocycles. The van der Waals surface area contributed by atoms with Crippen LogP contribution in [-0.2, 0) is 16.2 Å². The van der Waals surface area contributed by atoms with Gasteiger partial charge in [-0.1, -0.05) is 45.9 Å². The lowest BCUT2D eigenvalue weighted by molar-refractivity contribution is -0.136. The molecule has 5 aromatic rings. The summed E-state index contributed by atoms with van der Waals surface area (Å²) >= 11 is 0. The highest BCUT2D eigenvalue weighted by Gasteiger charge is 2.30. The third-order valence-electron chi connectivity index (χ3n) is 10.8. The predicted molar refractivity (Wildman–Crippen MR) is 206 cm³/mol. The lowest BCUT2D eigenvalue weighted by Crippen LogP contribution is -2.40. The number of rotatable bonds is 13. The minimum absolute atomic E-state index is 0.119. The van der Waals surface area contributed by atoms with E-state index in [4.69, 9.17) is 14.7 Å². The normalized spacial score (nSPS) is 14.8. The first-order valence-corrected chi connectivity index (χ1v) is 18.9. The van der Waals surface area contributed by atoms with Crippen LogP contribution in [0.15, 0.2) is 42.5 Å². The molecule has 0 saturated carbocycles. The number of fused-ring (bicyclic) bond motifs is 6. The molecule has 0 radical (unpaired) electrons. The summed E-state index contributed by atoms with van der Waals surface area (Å²) in [6, 6.07) is 14.9. The molecule has 2 N–H and O–H groups in total. The van der Waals surface area contributed by atoms with Gasteiger partial charge in [0, 0.05) is 47.1 Å². The first-order valence-electron chi connectivity index (χ1n) is 18.9. The summed E-state index contributed by atoms with van der Waals surface area (Å²) in [4.78, 5) is 47.4. The molecule has 1 aliphatic rings. The SMILES string of the molecule is CCCC(=O)N([C@@H](C)CC)[C@@H](C)c1nc(-c2ccc3c(c2)COc2cc4c(ccc5[nH]c([C@H](C)N(C(=O)CCC)[C@@H](C)CC)nc54)cc2-3)c(C)[nH]1. The predicted octanol–water partition coefficient (Wildman–Crippen LogP) is 9.95. The molecule has 1 aliphatic heterocycles. The average Bonchev–Trinajstić information content (AvgIpc) is 3.75. The van der Waals surface area contributed by atoms with Gasteiger partial charge in [-0.3, -0.25) is 9.59 Å². The monoisotopic (exact) mass is 690 g/mol. The first kappa shape index (κ1) is 36.1. The first-order chi connectivity index (χ1) is 24.5.